The summed E-state index contributed by atoms with van der Waals surface area (Å²) in [6, 6.07) is 0.225. The molecule has 2 aliphatic heterocycles. The van der Waals surface area contributed by atoms with Crippen molar-refractivity contribution in [3.63, 3.8) is 0 Å². The van der Waals surface area contributed by atoms with Crippen LogP contribution in [-0.2, 0) is 13.0 Å². The number of H-pyrrole nitrogens is 1. The molecule has 4 heterocycles. The van der Waals surface area contributed by atoms with E-state index in [4.69, 9.17) is 4.98 Å². The summed E-state index contributed by atoms with van der Waals surface area (Å²) >= 11 is 1.44. The number of carbonyl (C=O) groups excluding carboxylic acids is 1. The molecule has 1 atom stereocenters. The lowest BCUT2D eigenvalue weighted by Crippen LogP contribution is -2.42. The van der Waals surface area contributed by atoms with E-state index in [1.165, 1.54) is 11.3 Å². The number of hydrogen-bond acceptors (Lipinski definition) is 6. The van der Waals surface area contributed by atoms with Crippen molar-refractivity contribution in [3.05, 3.63) is 43.0 Å². The highest BCUT2D eigenvalue weighted by molar-refractivity contribution is 7.13. The van der Waals surface area contributed by atoms with E-state index in [-0.39, 0.29) is 17.5 Å². The number of carbonyl (C=O) groups is 1. The smallest absolute Gasteiger partial charge is 0.266 e. The molecule has 7 nitrogen and oxygen atoms in total. The minimum atomic E-state index is -0.189. The molecule has 0 spiro atoms. The lowest BCUT2D eigenvalue weighted by Gasteiger charge is -2.36. The Morgan fingerprint density at radius 1 is 1.21 bits per heavy atom. The number of hydrogen-bond donors (Lipinski definition) is 1. The van der Waals surface area contributed by atoms with Crippen LogP contribution in [0.15, 0.2) is 4.79 Å². The minimum Gasteiger partial charge on any atom is -0.328 e. The summed E-state index contributed by atoms with van der Waals surface area (Å²) in [6.45, 7) is 10.4. The zero-order chi connectivity index (χ0) is 20.7. The van der Waals surface area contributed by atoms with Crippen LogP contribution in [0, 0.1) is 13.8 Å². The number of amides is 1. The van der Waals surface area contributed by atoms with Crippen LogP contribution in [-0.4, -0.2) is 49.8 Å². The number of rotatable bonds is 3. The molecule has 1 saturated heterocycles. The summed E-state index contributed by atoms with van der Waals surface area (Å²) in [4.78, 5) is 43.3. The van der Waals surface area contributed by atoms with E-state index in [2.05, 4.69) is 28.7 Å². The Balaban J connectivity index is 1.68. The van der Waals surface area contributed by atoms with Crippen LogP contribution in [0.3, 0.4) is 0 Å². The highest BCUT2D eigenvalue weighted by atomic mass is 32.1. The van der Waals surface area contributed by atoms with Gasteiger partial charge in [-0.2, -0.15) is 0 Å². The molecule has 0 aromatic carbocycles. The van der Waals surface area contributed by atoms with E-state index in [0.29, 0.717) is 29.8 Å². The average Bonchev–Trinajstić information content (AvgIpc) is 3.04. The van der Waals surface area contributed by atoms with Crippen LogP contribution >= 0.6 is 11.3 Å². The summed E-state index contributed by atoms with van der Waals surface area (Å²) < 4.78 is 0. The van der Waals surface area contributed by atoms with Crippen LogP contribution in [0.5, 0.6) is 0 Å². The highest BCUT2D eigenvalue weighted by Gasteiger charge is 2.33. The van der Waals surface area contributed by atoms with E-state index in [1.807, 2.05) is 18.7 Å². The van der Waals surface area contributed by atoms with Gasteiger partial charge in [0.15, 0.2) is 0 Å². The summed E-state index contributed by atoms with van der Waals surface area (Å²) in [5, 5.41) is 0.897. The maximum Gasteiger partial charge on any atom is 0.266 e. The molecule has 8 heteroatoms. The number of nitrogens with one attached hydrogen (secondary N) is 1. The van der Waals surface area contributed by atoms with Gasteiger partial charge in [-0.1, -0.05) is 0 Å². The van der Waals surface area contributed by atoms with Crippen molar-refractivity contribution >= 4 is 17.2 Å². The summed E-state index contributed by atoms with van der Waals surface area (Å²) in [6.07, 6.45) is 3.53. The Bertz CT molecular complexity index is 980. The molecule has 156 valence electrons. The maximum absolute atomic E-state index is 13.3. The molecule has 1 fully saturated rings. The number of fused-ring (bicyclic) bond motifs is 1. The summed E-state index contributed by atoms with van der Waals surface area (Å²) in [7, 11) is 0. The molecular weight excluding hydrogens is 386 g/mol. The van der Waals surface area contributed by atoms with E-state index in [1.54, 1.807) is 0 Å². The van der Waals surface area contributed by atoms with E-state index in [9.17, 15) is 9.59 Å². The third-order valence-corrected chi connectivity index (χ3v) is 7.09. The highest BCUT2D eigenvalue weighted by Crippen LogP contribution is 2.32. The standard InChI is InChI=1S/C21H29N5O2S/c1-12(2)25-10-8-15-16(11-25)23-19(24-20(15)27)17-7-5-6-9-26(17)21(28)18-13(3)22-14(4)29-18/h12,17H,5-11H2,1-4H3,(H,23,24,27). The van der Waals surface area contributed by atoms with Crippen molar-refractivity contribution in [2.24, 2.45) is 0 Å². The van der Waals surface area contributed by atoms with Gasteiger partial charge in [-0.25, -0.2) is 9.97 Å². The van der Waals surface area contributed by atoms with Gasteiger partial charge in [-0.05, 0) is 53.4 Å². The molecule has 29 heavy (non-hydrogen) atoms. The molecule has 1 unspecified atom stereocenters. The van der Waals surface area contributed by atoms with Gasteiger partial charge in [0.05, 0.1) is 22.4 Å². The van der Waals surface area contributed by atoms with Crippen molar-refractivity contribution < 1.29 is 4.79 Å². The average molecular weight is 416 g/mol. The largest absolute Gasteiger partial charge is 0.328 e. The zero-order valence-electron chi connectivity index (χ0n) is 17.6. The van der Waals surface area contributed by atoms with Crippen LogP contribution < -0.4 is 5.56 Å². The Morgan fingerprint density at radius 2 is 2.00 bits per heavy atom. The lowest BCUT2D eigenvalue weighted by molar-refractivity contribution is 0.0602. The molecule has 2 aromatic rings. The third-order valence-electron chi connectivity index (χ3n) is 6.03. The summed E-state index contributed by atoms with van der Waals surface area (Å²) in [5.74, 6) is 0.633. The van der Waals surface area contributed by atoms with Gasteiger partial charge in [0, 0.05) is 31.2 Å². The topological polar surface area (TPSA) is 82.2 Å². The van der Waals surface area contributed by atoms with Gasteiger partial charge in [0.25, 0.3) is 11.5 Å². The second-order valence-corrected chi connectivity index (χ2v) is 9.55. The molecule has 0 aliphatic carbocycles. The van der Waals surface area contributed by atoms with Crippen molar-refractivity contribution in [2.75, 3.05) is 13.1 Å². The van der Waals surface area contributed by atoms with Crippen LogP contribution in [0.4, 0.5) is 0 Å². The molecule has 0 bridgehead atoms. The lowest BCUT2D eigenvalue weighted by atomic mass is 9.99. The molecule has 0 saturated carbocycles. The molecule has 2 aliphatic rings. The van der Waals surface area contributed by atoms with E-state index < -0.39 is 0 Å². The number of nitrogens with zero attached hydrogens (tertiary/aromatic N) is 4. The molecule has 1 N–H and O–H groups in total. The van der Waals surface area contributed by atoms with Crippen LogP contribution in [0.2, 0.25) is 0 Å². The van der Waals surface area contributed by atoms with Gasteiger partial charge >= 0.3 is 0 Å². The SMILES string of the molecule is Cc1nc(C)c(C(=O)N2CCCCC2c2nc3c(c(=O)[nH]2)CCN(C(C)C)C3)s1. The second-order valence-electron chi connectivity index (χ2n) is 8.35. The predicted molar refractivity (Wildman–Crippen MR) is 113 cm³/mol. The Hall–Kier alpha value is -2.06. The van der Waals surface area contributed by atoms with Gasteiger partial charge in [0.1, 0.15) is 10.7 Å². The Kier molecular flexibility index (Phi) is 5.57. The number of aryl methyl sites for hydroxylation is 2. The fourth-order valence-corrected chi connectivity index (χ4v) is 5.27. The first-order valence-electron chi connectivity index (χ1n) is 10.5. The summed E-state index contributed by atoms with van der Waals surface area (Å²) in [5.41, 5.74) is 2.40. The predicted octanol–water partition coefficient (Wildman–Crippen LogP) is 2.98. The zero-order valence-corrected chi connectivity index (χ0v) is 18.4. The molecular formula is C21H29N5O2S. The quantitative estimate of drug-likeness (QED) is 0.833. The normalized spacial score (nSPS) is 20.2. The Morgan fingerprint density at radius 3 is 2.69 bits per heavy atom. The molecule has 2 aromatic heterocycles. The number of thiazole rings is 1. The number of aromatic nitrogens is 3. The van der Waals surface area contributed by atoms with Gasteiger partial charge in [0.2, 0.25) is 0 Å². The monoisotopic (exact) mass is 415 g/mol. The van der Waals surface area contributed by atoms with Gasteiger partial charge in [-0.15, -0.1) is 11.3 Å². The van der Waals surface area contributed by atoms with E-state index in [0.717, 1.165) is 54.2 Å². The van der Waals surface area contributed by atoms with Gasteiger partial charge < -0.3 is 9.88 Å². The van der Waals surface area contributed by atoms with Crippen LogP contribution in [0.25, 0.3) is 0 Å². The Labute approximate surface area is 175 Å². The van der Waals surface area contributed by atoms with E-state index >= 15 is 0 Å². The van der Waals surface area contributed by atoms with Crippen molar-refractivity contribution in [2.45, 2.75) is 72.0 Å². The van der Waals surface area contributed by atoms with Gasteiger partial charge in [-0.3, -0.25) is 14.5 Å². The first kappa shape index (κ1) is 20.2. The fraction of sp³-hybridized carbons (Fsp3) is 0.619. The maximum atomic E-state index is 13.3. The fourth-order valence-electron chi connectivity index (χ4n) is 4.40. The first-order valence-corrected chi connectivity index (χ1v) is 11.3. The first-order chi connectivity index (χ1) is 13.8. The molecule has 0 radical (unpaired) electrons. The number of likely N-dealkylation sites (tertiary alicyclic amines) is 1. The number of aromatic amines is 1. The third kappa shape index (κ3) is 3.88. The second kappa shape index (κ2) is 7.99. The number of piperidine rings is 1. The van der Waals surface area contributed by atoms with Crippen molar-refractivity contribution in [1.29, 1.82) is 0 Å². The van der Waals surface area contributed by atoms with Crippen molar-refractivity contribution in [1.82, 2.24) is 24.8 Å². The van der Waals surface area contributed by atoms with Crippen molar-refractivity contribution in [3.8, 4) is 0 Å². The molecule has 4 rings (SSSR count). The van der Waals surface area contributed by atoms with Crippen LogP contribution in [0.1, 0.15) is 76.6 Å². The molecule has 1 amide bonds. The minimum absolute atomic E-state index is 0.00183.